The number of carbonyl (C=O) groups is 2. The van der Waals surface area contributed by atoms with Gasteiger partial charge in [-0.3, -0.25) is 9.59 Å². The summed E-state index contributed by atoms with van der Waals surface area (Å²) in [6, 6.07) is 3.09. The van der Waals surface area contributed by atoms with Crippen LogP contribution in [0, 0.1) is 5.92 Å². The number of hydrogen-bond donors (Lipinski definition) is 0. The Bertz CT molecular complexity index is 947. The van der Waals surface area contributed by atoms with Crippen LogP contribution >= 0.6 is 0 Å². The van der Waals surface area contributed by atoms with Crippen LogP contribution in [-0.4, -0.2) is 91.3 Å². The highest BCUT2D eigenvalue weighted by molar-refractivity contribution is 7.89. The fourth-order valence-corrected chi connectivity index (χ4v) is 6.34. The van der Waals surface area contributed by atoms with Crippen molar-refractivity contribution in [2.75, 3.05) is 45.9 Å². The summed E-state index contributed by atoms with van der Waals surface area (Å²) < 4.78 is 33.8. The Labute approximate surface area is 189 Å². The van der Waals surface area contributed by atoms with Gasteiger partial charge in [-0.2, -0.15) is 4.31 Å². The smallest absolute Gasteiger partial charge is 0.260 e. The number of sulfonamides is 1. The average Bonchev–Trinajstić information content (AvgIpc) is 2.84. The summed E-state index contributed by atoms with van der Waals surface area (Å²) in [5, 5.41) is 0.0000391. The van der Waals surface area contributed by atoms with Crippen molar-refractivity contribution in [2.45, 2.75) is 50.1 Å². The summed E-state index contributed by atoms with van der Waals surface area (Å²) in [4.78, 5) is 33.6. The molecular formula is C22H32N4O5S. The number of nitrogens with zero attached hydrogens (tertiary/aromatic N) is 4. The van der Waals surface area contributed by atoms with Gasteiger partial charge in [-0.1, -0.05) is 6.92 Å². The van der Waals surface area contributed by atoms with Crippen molar-refractivity contribution in [1.82, 2.24) is 19.1 Å². The zero-order valence-electron chi connectivity index (χ0n) is 18.6. The van der Waals surface area contributed by atoms with Crippen molar-refractivity contribution in [3.63, 3.8) is 0 Å². The highest BCUT2D eigenvalue weighted by Crippen LogP contribution is 2.29. The third kappa shape index (κ3) is 4.82. The predicted molar refractivity (Wildman–Crippen MR) is 117 cm³/mol. The highest BCUT2D eigenvalue weighted by Gasteiger charge is 2.42. The van der Waals surface area contributed by atoms with Gasteiger partial charge in [0, 0.05) is 51.4 Å². The molecule has 0 N–H and O–H groups in total. The van der Waals surface area contributed by atoms with E-state index in [-0.39, 0.29) is 36.0 Å². The predicted octanol–water partition coefficient (Wildman–Crippen LogP) is 0.895. The second kappa shape index (κ2) is 9.84. The monoisotopic (exact) mass is 464 g/mol. The van der Waals surface area contributed by atoms with Gasteiger partial charge < -0.3 is 14.5 Å². The number of amides is 2. The molecule has 0 spiro atoms. The van der Waals surface area contributed by atoms with Crippen LogP contribution in [0.25, 0.3) is 0 Å². The van der Waals surface area contributed by atoms with Crippen LogP contribution in [0.3, 0.4) is 0 Å². The first-order valence-electron chi connectivity index (χ1n) is 11.5. The van der Waals surface area contributed by atoms with Gasteiger partial charge in [0.05, 0.1) is 19.1 Å². The molecule has 9 nitrogen and oxygen atoms in total. The van der Waals surface area contributed by atoms with E-state index in [2.05, 4.69) is 4.98 Å². The molecule has 3 saturated heterocycles. The maximum Gasteiger partial charge on any atom is 0.260 e. The third-order valence-corrected chi connectivity index (χ3v) is 8.41. The second-order valence-corrected chi connectivity index (χ2v) is 10.6. The lowest BCUT2D eigenvalue weighted by Gasteiger charge is -2.44. The Kier molecular flexibility index (Phi) is 7.11. The molecule has 4 heterocycles. The number of carbonyl (C=O) groups excluding carboxylic acids is 2. The summed E-state index contributed by atoms with van der Waals surface area (Å²) in [6.45, 7) is 4.87. The molecule has 10 heteroatoms. The van der Waals surface area contributed by atoms with Gasteiger partial charge in [0.2, 0.25) is 11.8 Å². The minimum Gasteiger partial charge on any atom is -0.378 e. The molecule has 0 unspecified atom stereocenters. The van der Waals surface area contributed by atoms with Gasteiger partial charge in [-0.15, -0.1) is 0 Å². The van der Waals surface area contributed by atoms with E-state index in [0.29, 0.717) is 52.1 Å². The number of pyridine rings is 1. The molecule has 0 aromatic carbocycles. The summed E-state index contributed by atoms with van der Waals surface area (Å²) in [5.41, 5.74) is 0.888. The first-order valence-corrected chi connectivity index (χ1v) is 12.9. The quantitative estimate of drug-likeness (QED) is 0.642. The van der Waals surface area contributed by atoms with Gasteiger partial charge in [-0.25, -0.2) is 13.4 Å². The minimum absolute atomic E-state index is 0.0000391. The lowest BCUT2D eigenvalue weighted by Crippen LogP contribution is -2.58. The average molecular weight is 465 g/mol. The van der Waals surface area contributed by atoms with Crippen LogP contribution in [0.5, 0.6) is 0 Å². The lowest BCUT2D eigenvalue weighted by molar-refractivity contribution is -0.145. The lowest BCUT2D eigenvalue weighted by atomic mass is 9.92. The maximum atomic E-state index is 13.5. The van der Waals surface area contributed by atoms with Crippen molar-refractivity contribution >= 4 is 21.8 Å². The van der Waals surface area contributed by atoms with E-state index in [1.165, 1.54) is 10.5 Å². The fourth-order valence-electron chi connectivity index (χ4n) is 4.83. The van der Waals surface area contributed by atoms with Crippen molar-refractivity contribution < 1.29 is 22.7 Å². The Morgan fingerprint density at radius 3 is 2.69 bits per heavy atom. The molecule has 0 bridgehead atoms. The van der Waals surface area contributed by atoms with E-state index in [0.717, 1.165) is 18.4 Å². The van der Waals surface area contributed by atoms with Crippen LogP contribution in [0.2, 0.25) is 0 Å². The first kappa shape index (κ1) is 23.1. The highest BCUT2D eigenvalue weighted by atomic mass is 32.2. The molecule has 3 aliphatic heterocycles. The molecule has 2 amide bonds. The van der Waals surface area contributed by atoms with Crippen LogP contribution < -0.4 is 0 Å². The summed E-state index contributed by atoms with van der Waals surface area (Å²) in [7, 11) is -3.89. The van der Waals surface area contributed by atoms with E-state index in [1.54, 1.807) is 21.9 Å². The van der Waals surface area contributed by atoms with Crippen LogP contribution in [-0.2, 0) is 30.8 Å². The number of hydrogen-bond acceptors (Lipinski definition) is 6. The Balaban J connectivity index is 1.62. The molecule has 1 aromatic heterocycles. The number of aryl methyl sites for hydroxylation is 1. The minimum atomic E-state index is -3.89. The Hall–Kier alpha value is -2.04. The van der Waals surface area contributed by atoms with Gasteiger partial charge in [0.1, 0.15) is 0 Å². The van der Waals surface area contributed by atoms with Gasteiger partial charge in [-0.05, 0) is 43.4 Å². The van der Waals surface area contributed by atoms with Crippen molar-refractivity contribution in [3.8, 4) is 0 Å². The van der Waals surface area contributed by atoms with E-state index in [4.69, 9.17) is 4.74 Å². The molecular weight excluding hydrogens is 432 g/mol. The van der Waals surface area contributed by atoms with Crippen molar-refractivity contribution in [2.24, 2.45) is 5.92 Å². The molecule has 176 valence electrons. The van der Waals surface area contributed by atoms with Crippen molar-refractivity contribution in [1.29, 1.82) is 0 Å². The molecule has 32 heavy (non-hydrogen) atoms. The number of aromatic nitrogens is 1. The van der Waals surface area contributed by atoms with E-state index >= 15 is 0 Å². The van der Waals surface area contributed by atoms with Crippen LogP contribution in [0.15, 0.2) is 23.4 Å². The van der Waals surface area contributed by atoms with Crippen molar-refractivity contribution in [3.05, 3.63) is 23.9 Å². The standard InChI is InChI=1S/C22H32N4O5S/c1-2-17-6-7-23-20(13-17)32(29,30)25-15-18(22(28)24-9-11-31-12-10-24)14-19(16-25)26-8-4-3-5-21(26)27/h6-7,13,18-19H,2-5,8-12,14-16H2,1H3/t18-,19+/m0/s1. The zero-order chi connectivity index (χ0) is 22.7. The normalized spacial score (nSPS) is 25.7. The number of piperidine rings is 2. The Morgan fingerprint density at radius 2 is 1.97 bits per heavy atom. The van der Waals surface area contributed by atoms with Crippen LogP contribution in [0.4, 0.5) is 0 Å². The van der Waals surface area contributed by atoms with Gasteiger partial charge in [0.15, 0.2) is 5.03 Å². The summed E-state index contributed by atoms with van der Waals surface area (Å²) in [6.07, 6.45) is 4.93. The maximum absolute atomic E-state index is 13.5. The molecule has 0 radical (unpaired) electrons. The zero-order valence-corrected chi connectivity index (χ0v) is 19.4. The van der Waals surface area contributed by atoms with Gasteiger partial charge >= 0.3 is 0 Å². The third-order valence-electron chi connectivity index (χ3n) is 6.68. The number of rotatable bonds is 5. The molecule has 1 aromatic rings. The topological polar surface area (TPSA) is 100 Å². The van der Waals surface area contributed by atoms with E-state index in [1.807, 2.05) is 6.92 Å². The first-order chi connectivity index (χ1) is 15.4. The van der Waals surface area contributed by atoms with E-state index < -0.39 is 15.9 Å². The summed E-state index contributed by atoms with van der Waals surface area (Å²) in [5.74, 6) is -0.507. The molecule has 0 saturated carbocycles. The summed E-state index contributed by atoms with van der Waals surface area (Å²) >= 11 is 0. The number of morpholine rings is 1. The Morgan fingerprint density at radius 1 is 1.19 bits per heavy atom. The molecule has 4 rings (SSSR count). The molecule has 3 aliphatic rings. The second-order valence-electron chi connectivity index (χ2n) is 8.75. The molecule has 0 aliphatic carbocycles. The van der Waals surface area contributed by atoms with Gasteiger partial charge in [0.25, 0.3) is 10.0 Å². The number of likely N-dealkylation sites (tertiary alicyclic amines) is 1. The van der Waals surface area contributed by atoms with Crippen LogP contribution in [0.1, 0.15) is 38.2 Å². The van der Waals surface area contributed by atoms with E-state index in [9.17, 15) is 18.0 Å². The SMILES string of the molecule is CCc1ccnc(S(=O)(=O)N2C[C@@H](C(=O)N3CCOCC3)C[C@@H](N3CCCCC3=O)C2)c1. The molecule has 3 fully saturated rings. The molecule has 2 atom stereocenters. The number of ether oxygens (including phenoxy) is 1. The fraction of sp³-hybridized carbons (Fsp3) is 0.682. The largest absolute Gasteiger partial charge is 0.378 e.